The minimum atomic E-state index is -0.0203. The highest BCUT2D eigenvalue weighted by Crippen LogP contribution is 2.17. The molecule has 2 aromatic heterocycles. The topological polar surface area (TPSA) is 51.5 Å². The summed E-state index contributed by atoms with van der Waals surface area (Å²) in [6.07, 6.45) is 1.89. The molecule has 5 heteroatoms. The van der Waals surface area contributed by atoms with E-state index in [9.17, 15) is 0 Å². The Kier molecular flexibility index (Phi) is 2.34. The standard InChI is InChI=1S/C11H14N4O/c1-8-3-2-5-15-11(8)13-10(14-15)9-7-12-4-6-16-9/h2-3,5,9,12H,4,6-7H2,1H3. The fourth-order valence-electron chi connectivity index (χ4n) is 1.92. The van der Waals surface area contributed by atoms with Crippen LogP contribution in [0.3, 0.4) is 0 Å². The van der Waals surface area contributed by atoms with Gasteiger partial charge in [0.05, 0.1) is 6.61 Å². The maximum absolute atomic E-state index is 5.63. The monoisotopic (exact) mass is 218 g/mol. The van der Waals surface area contributed by atoms with Gasteiger partial charge in [-0.25, -0.2) is 9.50 Å². The number of aromatic nitrogens is 3. The Bertz CT molecular complexity index is 502. The maximum atomic E-state index is 5.63. The molecule has 1 aliphatic heterocycles. The molecule has 3 heterocycles. The molecule has 84 valence electrons. The lowest BCUT2D eigenvalue weighted by Crippen LogP contribution is -2.33. The highest BCUT2D eigenvalue weighted by molar-refractivity contribution is 5.45. The molecule has 1 unspecified atom stereocenters. The number of rotatable bonds is 1. The van der Waals surface area contributed by atoms with Gasteiger partial charge in [-0.05, 0) is 18.6 Å². The molecule has 1 N–H and O–H groups in total. The first-order valence-corrected chi connectivity index (χ1v) is 5.49. The highest BCUT2D eigenvalue weighted by Gasteiger charge is 2.20. The van der Waals surface area contributed by atoms with Gasteiger partial charge in [0.15, 0.2) is 11.5 Å². The van der Waals surface area contributed by atoms with E-state index in [1.807, 2.05) is 29.8 Å². The van der Waals surface area contributed by atoms with Crippen LogP contribution >= 0.6 is 0 Å². The van der Waals surface area contributed by atoms with Gasteiger partial charge < -0.3 is 10.1 Å². The Morgan fingerprint density at radius 1 is 1.56 bits per heavy atom. The second kappa shape index (κ2) is 3.84. The first-order valence-electron chi connectivity index (χ1n) is 5.49. The lowest BCUT2D eigenvalue weighted by Gasteiger charge is -2.20. The molecule has 2 aromatic rings. The van der Waals surface area contributed by atoms with Crippen molar-refractivity contribution in [2.45, 2.75) is 13.0 Å². The van der Waals surface area contributed by atoms with Crippen molar-refractivity contribution in [1.82, 2.24) is 19.9 Å². The van der Waals surface area contributed by atoms with Crippen LogP contribution in [-0.2, 0) is 4.74 Å². The average Bonchev–Trinajstić information content (AvgIpc) is 2.76. The van der Waals surface area contributed by atoms with Crippen LogP contribution in [0.4, 0.5) is 0 Å². The van der Waals surface area contributed by atoms with Gasteiger partial charge in [0.2, 0.25) is 0 Å². The van der Waals surface area contributed by atoms with E-state index in [1.54, 1.807) is 0 Å². The molecule has 0 bridgehead atoms. The van der Waals surface area contributed by atoms with E-state index in [1.165, 1.54) is 0 Å². The summed E-state index contributed by atoms with van der Waals surface area (Å²) in [5.74, 6) is 0.765. The molecule has 0 amide bonds. The van der Waals surface area contributed by atoms with Crippen LogP contribution in [0.5, 0.6) is 0 Å². The van der Waals surface area contributed by atoms with Crippen molar-refractivity contribution < 1.29 is 4.74 Å². The van der Waals surface area contributed by atoms with Gasteiger partial charge in [-0.2, -0.15) is 0 Å². The zero-order chi connectivity index (χ0) is 11.0. The van der Waals surface area contributed by atoms with Crippen LogP contribution in [0.25, 0.3) is 5.65 Å². The third kappa shape index (κ3) is 1.58. The predicted octanol–water partition coefficient (Wildman–Crippen LogP) is 0.699. The number of nitrogens with zero attached hydrogens (tertiary/aromatic N) is 3. The van der Waals surface area contributed by atoms with Crippen LogP contribution in [0, 0.1) is 6.92 Å². The fraction of sp³-hybridized carbons (Fsp3) is 0.455. The molecule has 0 radical (unpaired) electrons. The summed E-state index contributed by atoms with van der Waals surface area (Å²) in [7, 11) is 0. The van der Waals surface area contributed by atoms with E-state index < -0.39 is 0 Å². The SMILES string of the molecule is Cc1cccn2nc(C3CNCCO3)nc12. The van der Waals surface area contributed by atoms with Gasteiger partial charge in [0.1, 0.15) is 6.10 Å². The molecule has 1 aliphatic rings. The van der Waals surface area contributed by atoms with Gasteiger partial charge in [0.25, 0.3) is 0 Å². The van der Waals surface area contributed by atoms with Crippen LogP contribution in [0.15, 0.2) is 18.3 Å². The molecular weight excluding hydrogens is 204 g/mol. The molecule has 0 aliphatic carbocycles. The average molecular weight is 218 g/mol. The van der Waals surface area contributed by atoms with E-state index in [0.29, 0.717) is 0 Å². The molecule has 0 spiro atoms. The third-order valence-corrected chi connectivity index (χ3v) is 2.79. The first kappa shape index (κ1) is 9.74. The van der Waals surface area contributed by atoms with E-state index in [0.717, 1.165) is 36.7 Å². The zero-order valence-electron chi connectivity index (χ0n) is 9.18. The van der Waals surface area contributed by atoms with Gasteiger partial charge in [-0.1, -0.05) is 6.07 Å². The predicted molar refractivity (Wildman–Crippen MR) is 59.3 cm³/mol. The minimum absolute atomic E-state index is 0.0203. The largest absolute Gasteiger partial charge is 0.367 e. The van der Waals surface area contributed by atoms with Gasteiger partial charge in [-0.15, -0.1) is 5.10 Å². The summed E-state index contributed by atoms with van der Waals surface area (Å²) in [5.41, 5.74) is 2.04. The summed E-state index contributed by atoms with van der Waals surface area (Å²) >= 11 is 0. The highest BCUT2D eigenvalue weighted by atomic mass is 16.5. The maximum Gasteiger partial charge on any atom is 0.181 e. The summed E-state index contributed by atoms with van der Waals surface area (Å²) < 4.78 is 7.44. The van der Waals surface area contributed by atoms with Gasteiger partial charge in [-0.3, -0.25) is 0 Å². The number of hydrogen-bond donors (Lipinski definition) is 1. The molecule has 1 fully saturated rings. The smallest absolute Gasteiger partial charge is 0.181 e. The van der Waals surface area contributed by atoms with E-state index in [2.05, 4.69) is 15.4 Å². The molecule has 0 saturated carbocycles. The van der Waals surface area contributed by atoms with Crippen molar-refractivity contribution in [3.05, 3.63) is 29.7 Å². The second-order valence-electron chi connectivity index (χ2n) is 3.99. The van der Waals surface area contributed by atoms with E-state index in [-0.39, 0.29) is 6.10 Å². The third-order valence-electron chi connectivity index (χ3n) is 2.79. The summed E-state index contributed by atoms with van der Waals surface area (Å²) in [5, 5.41) is 7.72. The van der Waals surface area contributed by atoms with Crippen molar-refractivity contribution in [3.63, 3.8) is 0 Å². The van der Waals surface area contributed by atoms with Crippen molar-refractivity contribution in [2.75, 3.05) is 19.7 Å². The Morgan fingerprint density at radius 3 is 3.25 bits per heavy atom. The minimum Gasteiger partial charge on any atom is -0.367 e. The van der Waals surface area contributed by atoms with Crippen LogP contribution in [0.2, 0.25) is 0 Å². The van der Waals surface area contributed by atoms with Crippen LogP contribution in [0.1, 0.15) is 17.5 Å². The Hall–Kier alpha value is -1.46. The number of fused-ring (bicyclic) bond motifs is 1. The molecule has 1 saturated heterocycles. The summed E-state index contributed by atoms with van der Waals surface area (Å²) in [4.78, 5) is 4.52. The summed E-state index contributed by atoms with van der Waals surface area (Å²) in [6, 6.07) is 4.01. The number of pyridine rings is 1. The van der Waals surface area contributed by atoms with Gasteiger partial charge >= 0.3 is 0 Å². The molecule has 3 rings (SSSR count). The lowest BCUT2D eigenvalue weighted by molar-refractivity contribution is 0.0223. The van der Waals surface area contributed by atoms with Crippen molar-refractivity contribution >= 4 is 5.65 Å². The molecule has 0 aromatic carbocycles. The quantitative estimate of drug-likeness (QED) is 0.765. The van der Waals surface area contributed by atoms with Crippen molar-refractivity contribution in [1.29, 1.82) is 0 Å². The zero-order valence-corrected chi connectivity index (χ0v) is 9.18. The number of ether oxygens (including phenoxy) is 1. The number of nitrogens with one attached hydrogen (secondary N) is 1. The van der Waals surface area contributed by atoms with Crippen molar-refractivity contribution in [2.24, 2.45) is 0 Å². The second-order valence-corrected chi connectivity index (χ2v) is 3.99. The number of aryl methyl sites for hydroxylation is 1. The fourth-order valence-corrected chi connectivity index (χ4v) is 1.92. The lowest BCUT2D eigenvalue weighted by atomic mass is 10.3. The number of hydrogen-bond acceptors (Lipinski definition) is 4. The van der Waals surface area contributed by atoms with E-state index in [4.69, 9.17) is 4.74 Å². The van der Waals surface area contributed by atoms with Crippen LogP contribution in [-0.4, -0.2) is 34.3 Å². The summed E-state index contributed by atoms with van der Waals surface area (Å²) in [6.45, 7) is 4.45. The van der Waals surface area contributed by atoms with Crippen LogP contribution < -0.4 is 5.32 Å². The molecule has 5 nitrogen and oxygen atoms in total. The van der Waals surface area contributed by atoms with Gasteiger partial charge in [0, 0.05) is 19.3 Å². The Balaban J connectivity index is 2.01. The molecule has 16 heavy (non-hydrogen) atoms. The Labute approximate surface area is 93.4 Å². The molecular formula is C11H14N4O. The van der Waals surface area contributed by atoms with E-state index >= 15 is 0 Å². The molecule has 1 atom stereocenters. The first-order chi connectivity index (χ1) is 7.84. The normalized spacial score (nSPS) is 21.4. The van der Waals surface area contributed by atoms with Crippen molar-refractivity contribution in [3.8, 4) is 0 Å². The Morgan fingerprint density at radius 2 is 2.50 bits per heavy atom. The number of morpholine rings is 1.